The van der Waals surface area contributed by atoms with Gasteiger partial charge in [-0.15, -0.1) is 0 Å². The summed E-state index contributed by atoms with van der Waals surface area (Å²) >= 11 is 3.14. The van der Waals surface area contributed by atoms with Crippen LogP contribution in [0.2, 0.25) is 0 Å². The molecule has 26 heavy (non-hydrogen) atoms. The highest BCUT2D eigenvalue weighted by atomic mass is 79.9. The summed E-state index contributed by atoms with van der Waals surface area (Å²) in [6, 6.07) is 11.8. The molecule has 0 aliphatic carbocycles. The first-order chi connectivity index (χ1) is 12.5. The maximum Gasteiger partial charge on any atom is 0.319 e. The van der Waals surface area contributed by atoms with Crippen molar-refractivity contribution in [3.63, 3.8) is 0 Å². The van der Waals surface area contributed by atoms with E-state index in [-0.39, 0.29) is 25.3 Å². The van der Waals surface area contributed by atoms with Crippen LogP contribution >= 0.6 is 15.9 Å². The van der Waals surface area contributed by atoms with Crippen LogP contribution in [0.1, 0.15) is 5.56 Å². The highest BCUT2D eigenvalue weighted by Crippen LogP contribution is 2.19. The number of carbonyl (C=O) groups excluding carboxylic acids is 2. The molecule has 3 amide bonds. The van der Waals surface area contributed by atoms with Crippen LogP contribution in [0, 0.1) is 5.82 Å². The molecule has 2 aromatic rings. The Bertz CT molecular complexity index is 759. The predicted octanol–water partition coefficient (Wildman–Crippen LogP) is 2.43. The van der Waals surface area contributed by atoms with Gasteiger partial charge >= 0.3 is 6.03 Å². The maximum atomic E-state index is 13.8. The Morgan fingerprint density at radius 1 is 1.15 bits per heavy atom. The van der Waals surface area contributed by atoms with Crippen LogP contribution in [0.4, 0.5) is 14.9 Å². The van der Waals surface area contributed by atoms with E-state index in [2.05, 4.69) is 31.9 Å². The summed E-state index contributed by atoms with van der Waals surface area (Å²) in [5.74, 6) is -1.03. The lowest BCUT2D eigenvalue weighted by Crippen LogP contribution is -2.49. The molecule has 0 aliphatic rings. The maximum absolute atomic E-state index is 13.8. The van der Waals surface area contributed by atoms with Crippen LogP contribution in [-0.4, -0.2) is 36.2 Å². The van der Waals surface area contributed by atoms with Crippen LogP contribution in [0.5, 0.6) is 0 Å². The third kappa shape index (κ3) is 6.12. The highest BCUT2D eigenvalue weighted by Gasteiger charge is 2.21. The summed E-state index contributed by atoms with van der Waals surface area (Å²) in [6.45, 7) is -0.130. The zero-order chi connectivity index (χ0) is 18.9. The van der Waals surface area contributed by atoms with E-state index in [0.717, 1.165) is 5.56 Å². The van der Waals surface area contributed by atoms with Crippen molar-refractivity contribution in [1.82, 2.24) is 10.6 Å². The Balaban J connectivity index is 2.06. The Hall–Kier alpha value is -2.45. The minimum atomic E-state index is -0.873. The lowest BCUT2D eigenvalue weighted by Gasteiger charge is -2.19. The summed E-state index contributed by atoms with van der Waals surface area (Å²) in [7, 11) is 0. The van der Waals surface area contributed by atoms with Gasteiger partial charge in [0.25, 0.3) is 0 Å². The van der Waals surface area contributed by atoms with Crippen LogP contribution in [0.3, 0.4) is 0 Å². The Kier molecular flexibility index (Phi) is 7.55. The van der Waals surface area contributed by atoms with Gasteiger partial charge in [-0.3, -0.25) is 4.79 Å². The van der Waals surface area contributed by atoms with Gasteiger partial charge in [0, 0.05) is 17.4 Å². The van der Waals surface area contributed by atoms with Gasteiger partial charge in [0.2, 0.25) is 5.91 Å². The molecule has 8 heteroatoms. The number of aliphatic hydroxyl groups excluding tert-OH is 1. The average Bonchev–Trinajstić information content (AvgIpc) is 2.62. The first kappa shape index (κ1) is 19.9. The third-order valence-corrected chi connectivity index (χ3v) is 3.99. The van der Waals surface area contributed by atoms with Crippen molar-refractivity contribution in [2.45, 2.75) is 12.5 Å². The molecular weight excluding hydrogens is 405 g/mol. The second-order valence-corrected chi connectivity index (χ2v) is 6.40. The molecule has 0 heterocycles. The van der Waals surface area contributed by atoms with E-state index in [1.54, 1.807) is 6.07 Å². The van der Waals surface area contributed by atoms with Crippen LogP contribution < -0.4 is 16.0 Å². The monoisotopic (exact) mass is 423 g/mol. The molecule has 0 fully saturated rings. The third-order valence-electron chi connectivity index (χ3n) is 3.49. The van der Waals surface area contributed by atoms with Crippen molar-refractivity contribution in [2.75, 3.05) is 18.5 Å². The minimum Gasteiger partial charge on any atom is -0.395 e. The first-order valence-electron chi connectivity index (χ1n) is 7.94. The van der Waals surface area contributed by atoms with Crippen molar-refractivity contribution in [3.8, 4) is 0 Å². The van der Waals surface area contributed by atoms with Crippen molar-refractivity contribution in [1.29, 1.82) is 0 Å². The predicted molar refractivity (Wildman–Crippen MR) is 100 cm³/mol. The summed E-state index contributed by atoms with van der Waals surface area (Å²) in [6.07, 6.45) is 0.258. The molecule has 0 aliphatic heterocycles. The molecule has 2 rings (SSSR count). The minimum absolute atomic E-state index is 0.0000672. The number of carbonyl (C=O) groups is 2. The standard InChI is InChI=1S/C18H19BrFN3O3/c19-13-6-7-15(14(20)11-13)22-18(26)23-16(17(25)21-8-9-24)10-12-4-2-1-3-5-12/h1-7,11,16,24H,8-10H2,(H,21,25)(H2,22,23,26). The Morgan fingerprint density at radius 3 is 2.54 bits per heavy atom. The van der Waals surface area contributed by atoms with E-state index in [0.29, 0.717) is 4.47 Å². The fourth-order valence-corrected chi connectivity index (χ4v) is 2.60. The zero-order valence-electron chi connectivity index (χ0n) is 13.8. The molecule has 1 unspecified atom stereocenters. The van der Waals surface area contributed by atoms with Gasteiger partial charge in [0.1, 0.15) is 11.9 Å². The zero-order valence-corrected chi connectivity index (χ0v) is 15.4. The molecule has 2 aromatic carbocycles. The summed E-state index contributed by atoms with van der Waals surface area (Å²) < 4.78 is 14.4. The van der Waals surface area contributed by atoms with Gasteiger partial charge in [-0.2, -0.15) is 0 Å². The smallest absolute Gasteiger partial charge is 0.319 e. The number of hydrogen-bond donors (Lipinski definition) is 4. The Labute approximate surface area is 158 Å². The van der Waals surface area contributed by atoms with Crippen LogP contribution in [0.25, 0.3) is 0 Å². The molecule has 0 saturated heterocycles. The quantitative estimate of drug-likeness (QED) is 0.551. The van der Waals surface area contributed by atoms with E-state index in [4.69, 9.17) is 5.11 Å². The second-order valence-electron chi connectivity index (χ2n) is 5.48. The lowest BCUT2D eigenvalue weighted by atomic mass is 10.1. The van der Waals surface area contributed by atoms with Gasteiger partial charge < -0.3 is 21.1 Å². The second kappa shape index (κ2) is 9.88. The highest BCUT2D eigenvalue weighted by molar-refractivity contribution is 9.10. The van der Waals surface area contributed by atoms with Crippen LogP contribution in [-0.2, 0) is 11.2 Å². The van der Waals surface area contributed by atoms with Gasteiger partial charge in [-0.05, 0) is 23.8 Å². The van der Waals surface area contributed by atoms with Gasteiger partial charge in [0.05, 0.1) is 12.3 Å². The number of nitrogens with one attached hydrogen (secondary N) is 3. The lowest BCUT2D eigenvalue weighted by molar-refractivity contribution is -0.123. The number of amides is 3. The van der Waals surface area contributed by atoms with E-state index >= 15 is 0 Å². The van der Waals surface area contributed by atoms with E-state index in [9.17, 15) is 14.0 Å². The van der Waals surface area contributed by atoms with E-state index in [1.807, 2.05) is 30.3 Å². The van der Waals surface area contributed by atoms with E-state index in [1.165, 1.54) is 12.1 Å². The average molecular weight is 424 g/mol. The first-order valence-corrected chi connectivity index (χ1v) is 8.74. The fourth-order valence-electron chi connectivity index (χ4n) is 2.27. The van der Waals surface area contributed by atoms with Crippen molar-refractivity contribution >= 4 is 33.6 Å². The number of rotatable bonds is 7. The summed E-state index contributed by atoms with van der Waals surface area (Å²) in [5.41, 5.74) is 0.853. The normalized spacial score (nSPS) is 11.5. The van der Waals surface area contributed by atoms with Crippen molar-refractivity contribution < 1.29 is 19.1 Å². The van der Waals surface area contributed by atoms with Crippen LogP contribution in [0.15, 0.2) is 53.0 Å². The molecule has 0 saturated carbocycles. The molecule has 1 atom stereocenters. The number of hydrogen-bond acceptors (Lipinski definition) is 3. The topological polar surface area (TPSA) is 90.5 Å². The van der Waals surface area contributed by atoms with Gasteiger partial charge in [-0.1, -0.05) is 46.3 Å². The SMILES string of the molecule is O=C(Nc1ccc(Br)cc1F)NC(Cc1ccccc1)C(=O)NCCO. The van der Waals surface area contributed by atoms with Gasteiger partial charge in [-0.25, -0.2) is 9.18 Å². The molecule has 0 radical (unpaired) electrons. The van der Waals surface area contributed by atoms with E-state index < -0.39 is 23.8 Å². The fraction of sp³-hybridized carbons (Fsp3) is 0.222. The molecule has 4 N–H and O–H groups in total. The molecule has 138 valence electrons. The number of urea groups is 1. The number of benzene rings is 2. The summed E-state index contributed by atoms with van der Waals surface area (Å²) in [4.78, 5) is 24.5. The van der Waals surface area contributed by atoms with Crippen molar-refractivity contribution in [2.24, 2.45) is 0 Å². The Morgan fingerprint density at radius 2 is 1.88 bits per heavy atom. The molecular formula is C18H19BrFN3O3. The van der Waals surface area contributed by atoms with Crippen molar-refractivity contribution in [3.05, 3.63) is 64.4 Å². The summed E-state index contributed by atoms with van der Waals surface area (Å²) in [5, 5.41) is 16.3. The molecule has 6 nitrogen and oxygen atoms in total. The molecule has 0 bridgehead atoms. The number of aliphatic hydroxyl groups is 1. The largest absolute Gasteiger partial charge is 0.395 e. The molecule has 0 aromatic heterocycles. The number of halogens is 2. The number of anilines is 1. The molecule has 0 spiro atoms. The van der Waals surface area contributed by atoms with Gasteiger partial charge in [0.15, 0.2) is 0 Å².